The first-order valence-corrected chi connectivity index (χ1v) is 25.6. The second kappa shape index (κ2) is 20.5. The van der Waals surface area contributed by atoms with Crippen LogP contribution < -0.4 is 0 Å². The average Bonchev–Trinajstić information content (AvgIpc) is 1.94. The van der Waals surface area contributed by atoms with Gasteiger partial charge in [0.2, 0.25) is 0 Å². The second-order valence-corrected chi connectivity index (χ2v) is 19.7. The van der Waals surface area contributed by atoms with E-state index in [9.17, 15) is 57.9 Å². The van der Waals surface area contributed by atoms with E-state index in [2.05, 4.69) is 66.8 Å². The summed E-state index contributed by atoms with van der Waals surface area (Å²) in [5.74, 6) is 0. The van der Waals surface area contributed by atoms with Crippen molar-refractivity contribution in [1.82, 2.24) is 9.13 Å². The molecule has 0 saturated heterocycles. The summed E-state index contributed by atoms with van der Waals surface area (Å²) in [6.45, 7) is 0. The van der Waals surface area contributed by atoms with Crippen LogP contribution in [0.15, 0.2) is 176 Å². The molecule has 0 aliphatic heterocycles. The minimum Gasteiger partial charge on any atom is -0.308 e. The van der Waals surface area contributed by atoms with Crippen molar-refractivity contribution < 1.29 is 0 Å². The van der Waals surface area contributed by atoms with E-state index in [-0.39, 0.29) is 61.2 Å². The number of nitriles is 11. The highest BCUT2D eigenvalue weighted by Crippen LogP contribution is 2.44. The van der Waals surface area contributed by atoms with E-state index in [0.717, 1.165) is 21.5 Å². The van der Waals surface area contributed by atoms with Crippen molar-refractivity contribution in [3.63, 3.8) is 0 Å². The molecule has 0 N–H and O–H groups in total. The second-order valence-electron chi connectivity index (χ2n) is 19.7. The SMILES string of the molecule is N#Cc1cc(C#N)cc(-c2cc(-n3c4cc(-c5cc(C#N)cc(C#N)c5)ccc4c4ccc(-c5cc(C#N)cc(C#N)c5)cc43)c(C#N)c(-n3c4cc(-c5cc(C#N)cc(C#N)c5)ccc4c4ccc(-c5cc(C#N)cc(C#N)c5)cc43)c2)c1. The van der Waals surface area contributed by atoms with Crippen molar-refractivity contribution in [2.24, 2.45) is 0 Å². The number of rotatable bonds is 7. The molecule has 0 bridgehead atoms. The van der Waals surface area contributed by atoms with Gasteiger partial charge in [0.25, 0.3) is 0 Å². The van der Waals surface area contributed by atoms with Gasteiger partial charge in [-0.05, 0) is 183 Å². The van der Waals surface area contributed by atoms with Crippen LogP contribution >= 0.6 is 0 Å². The fourth-order valence-electron chi connectivity index (χ4n) is 11.1. The van der Waals surface area contributed by atoms with Crippen LogP contribution in [-0.4, -0.2) is 9.13 Å². The van der Waals surface area contributed by atoms with E-state index in [0.29, 0.717) is 89.1 Å². The van der Waals surface area contributed by atoms with Crippen molar-refractivity contribution in [3.8, 4) is 134 Å². The standard InChI is InChI=1S/C71H29N13/c72-30-41-9-42(31-73)15-55(14-41)51-1-5-61-62-6-2-52(56-16-43(32-74)10-44(17-56)33-75)25-67(62)83(66(61)24-51)70-28-60(59-22-49(38-80)13-50(23-59)39-81)29-71(65(70)40-82)84-68-26-53(57-18-45(34-76)11-46(19-57)35-77)3-7-63(68)64-8-4-54(27-69(64)84)58-20-47(36-78)12-48(21-58)37-79/h1-29H. The molecule has 12 aromatic rings. The lowest BCUT2D eigenvalue weighted by molar-refractivity contribution is 1.12. The van der Waals surface area contributed by atoms with Crippen molar-refractivity contribution in [1.29, 1.82) is 57.9 Å². The number of aromatic nitrogens is 2. The van der Waals surface area contributed by atoms with Crippen LogP contribution in [0.2, 0.25) is 0 Å². The van der Waals surface area contributed by atoms with Gasteiger partial charge in [-0.3, -0.25) is 0 Å². The molecule has 10 aromatic carbocycles. The van der Waals surface area contributed by atoms with Gasteiger partial charge in [0.1, 0.15) is 11.6 Å². The number of hydrogen-bond donors (Lipinski definition) is 0. The highest BCUT2D eigenvalue weighted by molar-refractivity contribution is 6.13. The van der Waals surface area contributed by atoms with E-state index in [1.165, 1.54) is 30.3 Å². The molecule has 0 fully saturated rings. The largest absolute Gasteiger partial charge is 0.308 e. The van der Waals surface area contributed by atoms with E-state index in [1.807, 2.05) is 94.1 Å². The zero-order valence-electron chi connectivity index (χ0n) is 43.6. The highest BCUT2D eigenvalue weighted by atomic mass is 15.0. The topological polar surface area (TPSA) is 272 Å². The van der Waals surface area contributed by atoms with Crippen molar-refractivity contribution in [2.75, 3.05) is 0 Å². The summed E-state index contributed by atoms with van der Waals surface area (Å²) < 4.78 is 3.89. The minimum absolute atomic E-state index is 0.146. The molecule has 13 nitrogen and oxygen atoms in total. The van der Waals surface area contributed by atoms with Gasteiger partial charge in [-0.15, -0.1) is 0 Å². The molecule has 0 saturated carbocycles. The van der Waals surface area contributed by atoms with Gasteiger partial charge >= 0.3 is 0 Å². The molecule has 0 radical (unpaired) electrons. The van der Waals surface area contributed by atoms with Crippen LogP contribution in [0.1, 0.15) is 61.2 Å². The van der Waals surface area contributed by atoms with Crippen LogP contribution in [0.25, 0.3) is 111 Å². The lowest BCUT2D eigenvalue weighted by Crippen LogP contribution is -2.06. The fraction of sp³-hybridized carbons (Fsp3) is 0. The van der Waals surface area contributed by atoms with Crippen molar-refractivity contribution in [2.45, 2.75) is 0 Å². The third-order valence-electron chi connectivity index (χ3n) is 14.8. The number of nitrogens with zero attached hydrogens (tertiary/aromatic N) is 13. The third kappa shape index (κ3) is 8.69. The zero-order valence-corrected chi connectivity index (χ0v) is 43.6. The van der Waals surface area contributed by atoms with Gasteiger partial charge in [0.05, 0.1) is 150 Å². The van der Waals surface area contributed by atoms with Gasteiger partial charge < -0.3 is 9.13 Å². The molecule has 378 valence electrons. The minimum atomic E-state index is 0.146. The normalized spacial score (nSPS) is 10.5. The zero-order chi connectivity index (χ0) is 58.3. The molecular weight excluding hydrogens is 1030 g/mol. The quantitative estimate of drug-likeness (QED) is 0.145. The van der Waals surface area contributed by atoms with Gasteiger partial charge in [0.15, 0.2) is 0 Å². The highest BCUT2D eigenvalue weighted by Gasteiger charge is 2.25. The Morgan fingerprint density at radius 3 is 0.571 bits per heavy atom. The van der Waals surface area contributed by atoms with Crippen molar-refractivity contribution in [3.05, 3.63) is 237 Å². The monoisotopic (exact) mass is 1060 g/mol. The molecule has 12 rings (SSSR count). The van der Waals surface area contributed by atoms with Crippen LogP contribution in [0.3, 0.4) is 0 Å². The molecule has 0 atom stereocenters. The fourth-order valence-corrected chi connectivity index (χ4v) is 11.1. The maximum absolute atomic E-state index is 12.1. The van der Waals surface area contributed by atoms with Crippen LogP contribution in [-0.2, 0) is 0 Å². The molecule has 0 aliphatic carbocycles. The molecule has 0 spiro atoms. The molecular formula is C71H29N13. The molecule has 2 aromatic heterocycles. The Hall–Kier alpha value is -13.8. The van der Waals surface area contributed by atoms with Crippen LogP contribution in [0, 0.1) is 125 Å². The summed E-state index contributed by atoms with van der Waals surface area (Å²) in [7, 11) is 0. The van der Waals surface area contributed by atoms with Gasteiger partial charge in [0, 0.05) is 21.5 Å². The first-order valence-electron chi connectivity index (χ1n) is 25.6. The first-order chi connectivity index (χ1) is 41.0. The Morgan fingerprint density at radius 2 is 0.381 bits per heavy atom. The third-order valence-corrected chi connectivity index (χ3v) is 14.8. The Balaban J connectivity index is 1.26. The summed E-state index contributed by atoms with van der Waals surface area (Å²) in [4.78, 5) is 0. The lowest BCUT2D eigenvalue weighted by atomic mass is 9.96. The number of fused-ring (bicyclic) bond motifs is 6. The average molecular weight is 1060 g/mol. The molecule has 0 aliphatic rings. The van der Waals surface area contributed by atoms with Crippen LogP contribution in [0.5, 0.6) is 0 Å². The Labute approximate surface area is 479 Å². The molecule has 2 heterocycles. The van der Waals surface area contributed by atoms with Gasteiger partial charge in [-0.25, -0.2) is 0 Å². The Kier molecular flexibility index (Phi) is 12.5. The number of benzene rings is 10. The summed E-state index contributed by atoms with van der Waals surface area (Å²) in [5.41, 5.74) is 11.6. The van der Waals surface area contributed by atoms with Gasteiger partial charge in [-0.1, -0.05) is 48.5 Å². The Bertz CT molecular complexity index is 4760. The molecule has 0 amide bonds. The van der Waals surface area contributed by atoms with Crippen molar-refractivity contribution >= 4 is 43.6 Å². The predicted octanol–water partition coefficient (Wildman–Crippen LogP) is 14.8. The van der Waals surface area contributed by atoms with E-state index in [4.69, 9.17) is 0 Å². The summed E-state index contributed by atoms with van der Waals surface area (Å²) in [5, 5.41) is 116. The predicted molar refractivity (Wildman–Crippen MR) is 314 cm³/mol. The number of hydrogen-bond acceptors (Lipinski definition) is 11. The van der Waals surface area contributed by atoms with E-state index >= 15 is 0 Å². The molecule has 0 unspecified atom stereocenters. The first kappa shape index (κ1) is 51.0. The summed E-state index contributed by atoms with van der Waals surface area (Å²) >= 11 is 0. The Morgan fingerprint density at radius 1 is 0.190 bits per heavy atom. The molecule has 13 heteroatoms. The molecule has 84 heavy (non-hydrogen) atoms. The summed E-state index contributed by atoms with van der Waals surface area (Å²) in [6, 6.07) is 75.2. The van der Waals surface area contributed by atoms with E-state index in [1.54, 1.807) is 60.7 Å². The lowest BCUT2D eigenvalue weighted by Gasteiger charge is -2.19. The summed E-state index contributed by atoms with van der Waals surface area (Å²) in [6.07, 6.45) is 0. The maximum atomic E-state index is 12.1. The smallest absolute Gasteiger partial charge is 0.104 e. The maximum Gasteiger partial charge on any atom is 0.104 e. The van der Waals surface area contributed by atoms with Crippen LogP contribution in [0.4, 0.5) is 0 Å². The van der Waals surface area contributed by atoms with Gasteiger partial charge in [-0.2, -0.15) is 57.9 Å². The van der Waals surface area contributed by atoms with E-state index < -0.39 is 0 Å².